The molecule has 0 bridgehead atoms. The number of urea groups is 1. The van der Waals surface area contributed by atoms with Crippen LogP contribution in [0, 0.1) is 0 Å². The van der Waals surface area contributed by atoms with E-state index in [0.29, 0.717) is 32.0 Å². The van der Waals surface area contributed by atoms with Crippen molar-refractivity contribution >= 4 is 17.8 Å². The van der Waals surface area contributed by atoms with E-state index in [4.69, 9.17) is 0 Å². The number of hydrogen-bond acceptors (Lipinski definition) is 4. The van der Waals surface area contributed by atoms with E-state index in [1.165, 1.54) is 11.3 Å². The van der Waals surface area contributed by atoms with Crippen LogP contribution in [0.3, 0.4) is 0 Å². The first-order valence-corrected chi connectivity index (χ1v) is 10.2. The number of likely N-dealkylation sites (N-methyl/N-ethyl adjacent to an activating group) is 1. The van der Waals surface area contributed by atoms with E-state index in [2.05, 4.69) is 22.5 Å². The summed E-state index contributed by atoms with van der Waals surface area (Å²) in [7, 11) is 0. The molecule has 2 aliphatic heterocycles. The van der Waals surface area contributed by atoms with Gasteiger partial charge in [-0.3, -0.25) is 19.4 Å². The maximum Gasteiger partial charge on any atom is 0.324 e. The quantitative estimate of drug-likeness (QED) is 0.631. The molecule has 1 unspecified atom stereocenters. The van der Waals surface area contributed by atoms with Crippen molar-refractivity contribution in [3.63, 3.8) is 0 Å². The molecule has 1 aromatic carbocycles. The molecule has 152 valence electrons. The highest BCUT2D eigenvalue weighted by atomic mass is 16.2. The Hall–Kier alpha value is -2.41. The van der Waals surface area contributed by atoms with Crippen LogP contribution in [-0.2, 0) is 16.0 Å². The lowest BCUT2D eigenvalue weighted by Gasteiger charge is -2.22. The van der Waals surface area contributed by atoms with Gasteiger partial charge in [0.25, 0.3) is 5.91 Å². The van der Waals surface area contributed by atoms with Crippen LogP contribution in [0.15, 0.2) is 30.3 Å². The lowest BCUT2D eigenvalue weighted by atomic mass is 10.1. The number of rotatable bonds is 9. The van der Waals surface area contributed by atoms with Crippen molar-refractivity contribution in [1.82, 2.24) is 20.4 Å². The second-order valence-electron chi connectivity index (χ2n) is 7.49. The molecule has 0 saturated carbocycles. The van der Waals surface area contributed by atoms with Crippen molar-refractivity contribution in [3.8, 4) is 0 Å². The first kappa shape index (κ1) is 20.3. The Morgan fingerprint density at radius 3 is 2.79 bits per heavy atom. The minimum atomic E-state index is -0.604. The molecule has 7 heteroatoms. The normalized spacial score (nSPS) is 22.5. The standard InChI is InChI=1S/C21H30N4O3/c1-2-24-13-6-9-17(24)15-22-19(26)11-10-18-20(27)25(21(28)23-18)14-12-16-7-4-3-5-8-16/h3-5,7-8,17-18H,2,6,9-15H2,1H3,(H,22,26)(H,23,28)/t17?,18-/m0/s1. The first-order chi connectivity index (χ1) is 13.6. The average Bonchev–Trinajstić information content (AvgIpc) is 3.27. The molecule has 4 amide bonds. The van der Waals surface area contributed by atoms with Gasteiger partial charge in [0.1, 0.15) is 6.04 Å². The molecule has 2 aliphatic rings. The molecule has 2 N–H and O–H groups in total. The van der Waals surface area contributed by atoms with Gasteiger partial charge in [-0.15, -0.1) is 0 Å². The van der Waals surface area contributed by atoms with Crippen LogP contribution in [0.5, 0.6) is 0 Å². The largest absolute Gasteiger partial charge is 0.355 e. The molecule has 7 nitrogen and oxygen atoms in total. The second kappa shape index (κ2) is 9.68. The molecule has 2 atom stereocenters. The smallest absolute Gasteiger partial charge is 0.324 e. The summed E-state index contributed by atoms with van der Waals surface area (Å²) in [6.45, 7) is 5.24. The number of amides is 4. The number of hydrogen-bond donors (Lipinski definition) is 2. The molecule has 28 heavy (non-hydrogen) atoms. The SMILES string of the molecule is CCN1CCCC1CNC(=O)CC[C@@H]1NC(=O)N(CCc2ccccc2)C1=O. The van der Waals surface area contributed by atoms with Gasteiger partial charge >= 0.3 is 6.03 Å². The predicted octanol–water partition coefficient (Wildman–Crippen LogP) is 1.53. The third-order valence-electron chi connectivity index (χ3n) is 5.67. The zero-order chi connectivity index (χ0) is 19.9. The van der Waals surface area contributed by atoms with Crippen molar-refractivity contribution in [3.05, 3.63) is 35.9 Å². The van der Waals surface area contributed by atoms with Gasteiger partial charge in [0.05, 0.1) is 0 Å². The average molecular weight is 386 g/mol. The van der Waals surface area contributed by atoms with Crippen molar-refractivity contribution in [1.29, 1.82) is 0 Å². The van der Waals surface area contributed by atoms with E-state index in [0.717, 1.165) is 25.1 Å². The summed E-state index contributed by atoms with van der Waals surface area (Å²) in [4.78, 5) is 40.4. The fourth-order valence-corrected chi connectivity index (χ4v) is 4.01. The fourth-order valence-electron chi connectivity index (χ4n) is 4.01. The molecule has 3 rings (SSSR count). The van der Waals surface area contributed by atoms with Crippen LogP contribution in [0.4, 0.5) is 4.79 Å². The van der Waals surface area contributed by atoms with Crippen molar-refractivity contribution in [2.24, 2.45) is 0 Å². The molecular weight excluding hydrogens is 356 g/mol. The number of carbonyl (C=O) groups is 3. The second-order valence-corrected chi connectivity index (χ2v) is 7.49. The third-order valence-corrected chi connectivity index (χ3v) is 5.67. The monoisotopic (exact) mass is 386 g/mol. The zero-order valence-corrected chi connectivity index (χ0v) is 16.5. The summed E-state index contributed by atoms with van der Waals surface area (Å²) in [6.07, 6.45) is 3.49. The third kappa shape index (κ3) is 5.10. The van der Waals surface area contributed by atoms with Crippen molar-refractivity contribution in [2.45, 2.75) is 51.1 Å². The van der Waals surface area contributed by atoms with Crippen molar-refractivity contribution < 1.29 is 14.4 Å². The Labute approximate surface area is 166 Å². The number of nitrogens with one attached hydrogen (secondary N) is 2. The highest BCUT2D eigenvalue weighted by molar-refractivity contribution is 6.04. The van der Waals surface area contributed by atoms with Gasteiger partial charge in [-0.2, -0.15) is 0 Å². The Bertz CT molecular complexity index is 694. The zero-order valence-electron chi connectivity index (χ0n) is 16.5. The molecule has 0 spiro atoms. The lowest BCUT2D eigenvalue weighted by Crippen LogP contribution is -2.40. The van der Waals surface area contributed by atoms with Crippen LogP contribution in [0.25, 0.3) is 0 Å². The highest BCUT2D eigenvalue weighted by Crippen LogP contribution is 2.16. The van der Waals surface area contributed by atoms with Crippen LogP contribution < -0.4 is 10.6 Å². The summed E-state index contributed by atoms with van der Waals surface area (Å²) in [5.74, 6) is -0.297. The summed E-state index contributed by atoms with van der Waals surface area (Å²) in [5, 5.41) is 5.69. The molecule has 2 heterocycles. The van der Waals surface area contributed by atoms with E-state index in [-0.39, 0.29) is 24.3 Å². The number of likely N-dealkylation sites (tertiary alicyclic amines) is 1. The maximum atomic E-state index is 12.5. The summed E-state index contributed by atoms with van der Waals surface area (Å²) < 4.78 is 0. The molecule has 1 aromatic rings. The lowest BCUT2D eigenvalue weighted by molar-refractivity contribution is -0.127. The van der Waals surface area contributed by atoms with E-state index in [9.17, 15) is 14.4 Å². The Kier molecular flexibility index (Phi) is 7.03. The molecule has 0 radical (unpaired) electrons. The minimum Gasteiger partial charge on any atom is -0.355 e. The number of benzene rings is 1. The topological polar surface area (TPSA) is 81.8 Å². The maximum absolute atomic E-state index is 12.5. The van der Waals surface area contributed by atoms with Crippen molar-refractivity contribution in [2.75, 3.05) is 26.2 Å². The summed E-state index contributed by atoms with van der Waals surface area (Å²) >= 11 is 0. The predicted molar refractivity (Wildman–Crippen MR) is 107 cm³/mol. The van der Waals surface area contributed by atoms with E-state index in [1.54, 1.807) is 0 Å². The van der Waals surface area contributed by atoms with Gasteiger partial charge in [-0.1, -0.05) is 37.3 Å². The summed E-state index contributed by atoms with van der Waals surface area (Å²) in [5.41, 5.74) is 1.08. The van der Waals surface area contributed by atoms with Crippen LogP contribution in [0.2, 0.25) is 0 Å². The van der Waals surface area contributed by atoms with Gasteiger partial charge in [-0.25, -0.2) is 4.79 Å². The van der Waals surface area contributed by atoms with Crippen LogP contribution in [0.1, 0.15) is 38.2 Å². The molecule has 2 saturated heterocycles. The highest BCUT2D eigenvalue weighted by Gasteiger charge is 2.37. The van der Waals surface area contributed by atoms with Gasteiger partial charge in [0.2, 0.25) is 5.91 Å². The number of nitrogens with zero attached hydrogens (tertiary/aromatic N) is 2. The Balaban J connectivity index is 1.40. The molecule has 0 aliphatic carbocycles. The van der Waals surface area contributed by atoms with E-state index >= 15 is 0 Å². The van der Waals surface area contributed by atoms with Crippen LogP contribution in [-0.4, -0.2) is 65.9 Å². The van der Waals surface area contributed by atoms with Gasteiger partial charge in [0.15, 0.2) is 0 Å². The van der Waals surface area contributed by atoms with Crippen LogP contribution >= 0.6 is 0 Å². The summed E-state index contributed by atoms with van der Waals surface area (Å²) in [6, 6.07) is 9.21. The number of imide groups is 1. The molecule has 0 aromatic heterocycles. The fraction of sp³-hybridized carbons (Fsp3) is 0.571. The Morgan fingerprint density at radius 1 is 1.25 bits per heavy atom. The first-order valence-electron chi connectivity index (χ1n) is 10.2. The minimum absolute atomic E-state index is 0.0623. The Morgan fingerprint density at radius 2 is 2.04 bits per heavy atom. The van der Waals surface area contributed by atoms with Gasteiger partial charge in [0, 0.05) is 25.6 Å². The van der Waals surface area contributed by atoms with Gasteiger partial charge < -0.3 is 10.6 Å². The van der Waals surface area contributed by atoms with E-state index < -0.39 is 6.04 Å². The molecule has 2 fully saturated rings. The molecular formula is C21H30N4O3. The van der Waals surface area contributed by atoms with E-state index in [1.807, 2.05) is 30.3 Å². The number of carbonyl (C=O) groups excluding carboxylic acids is 3. The van der Waals surface area contributed by atoms with Gasteiger partial charge in [-0.05, 0) is 44.3 Å².